The number of nitrogens with one attached hydrogen (secondary N) is 1. The zero-order valence-electron chi connectivity index (χ0n) is 11.7. The minimum Gasteiger partial charge on any atom is -0.370 e. The van der Waals surface area contributed by atoms with Crippen LogP contribution in [-0.4, -0.2) is 19.0 Å². The molecule has 0 bridgehead atoms. The van der Waals surface area contributed by atoms with Crippen LogP contribution in [0.4, 0.5) is 0 Å². The number of aryl methyl sites for hydroxylation is 1. The Bertz CT molecular complexity index is 366. The maximum Gasteiger partial charge on any atom is 0.188 e. The first-order valence-electron chi connectivity index (χ1n) is 6.73. The smallest absolute Gasteiger partial charge is 0.188 e. The number of hydrogen-bond donors (Lipinski definition) is 2. The molecule has 3 heteroatoms. The number of rotatable bonds is 6. The van der Waals surface area contributed by atoms with E-state index in [1.54, 1.807) is 0 Å². The Balaban J connectivity index is 2.30. The lowest BCUT2D eigenvalue weighted by Gasteiger charge is -2.07. The number of guanidine groups is 1. The lowest BCUT2D eigenvalue weighted by Crippen LogP contribution is -2.33. The van der Waals surface area contributed by atoms with Crippen LogP contribution in [0.5, 0.6) is 0 Å². The second-order valence-electron chi connectivity index (χ2n) is 4.97. The van der Waals surface area contributed by atoms with Gasteiger partial charge in [0.2, 0.25) is 0 Å². The minimum absolute atomic E-state index is 0.548. The molecule has 18 heavy (non-hydrogen) atoms. The van der Waals surface area contributed by atoms with Crippen LogP contribution in [-0.2, 0) is 12.8 Å². The summed E-state index contributed by atoms with van der Waals surface area (Å²) in [5.41, 5.74) is 8.48. The van der Waals surface area contributed by atoms with Crippen LogP contribution in [0.2, 0.25) is 0 Å². The molecular formula is C15H25N3. The summed E-state index contributed by atoms with van der Waals surface area (Å²) in [6.45, 7) is 8.05. The molecule has 0 fully saturated rings. The first kappa shape index (κ1) is 14.6. The predicted octanol–water partition coefficient (Wildman–Crippen LogP) is 2.35. The molecule has 1 aromatic rings. The Morgan fingerprint density at radius 2 is 1.83 bits per heavy atom. The fourth-order valence-corrected chi connectivity index (χ4v) is 1.61. The van der Waals surface area contributed by atoms with Gasteiger partial charge in [-0.1, -0.05) is 45.0 Å². The van der Waals surface area contributed by atoms with E-state index < -0.39 is 0 Å². The van der Waals surface area contributed by atoms with Crippen molar-refractivity contribution in [2.24, 2.45) is 16.6 Å². The SMILES string of the molecule is CCc1ccc(CCNC(N)=NCC(C)C)cc1. The molecule has 0 unspecified atom stereocenters. The van der Waals surface area contributed by atoms with Gasteiger partial charge in [0, 0.05) is 13.1 Å². The standard InChI is InChI=1S/C15H25N3/c1-4-13-5-7-14(8-6-13)9-10-17-15(16)18-11-12(2)3/h5-8,12H,4,9-11H2,1-3H3,(H3,16,17,18). The van der Waals surface area contributed by atoms with Gasteiger partial charge in [0.05, 0.1) is 0 Å². The van der Waals surface area contributed by atoms with Gasteiger partial charge in [0.1, 0.15) is 0 Å². The largest absolute Gasteiger partial charge is 0.370 e. The summed E-state index contributed by atoms with van der Waals surface area (Å²) in [4.78, 5) is 4.27. The molecule has 100 valence electrons. The Hall–Kier alpha value is -1.51. The van der Waals surface area contributed by atoms with Crippen molar-refractivity contribution in [3.8, 4) is 0 Å². The van der Waals surface area contributed by atoms with Crippen molar-refractivity contribution in [1.29, 1.82) is 0 Å². The van der Waals surface area contributed by atoms with E-state index in [1.165, 1.54) is 11.1 Å². The molecule has 3 N–H and O–H groups in total. The molecule has 0 aromatic heterocycles. The van der Waals surface area contributed by atoms with Gasteiger partial charge in [-0.15, -0.1) is 0 Å². The van der Waals surface area contributed by atoms with E-state index in [4.69, 9.17) is 5.73 Å². The molecule has 0 atom stereocenters. The normalized spacial score (nSPS) is 11.9. The second-order valence-corrected chi connectivity index (χ2v) is 4.97. The van der Waals surface area contributed by atoms with Gasteiger partial charge < -0.3 is 11.1 Å². The van der Waals surface area contributed by atoms with Crippen LogP contribution in [0.1, 0.15) is 31.9 Å². The lowest BCUT2D eigenvalue weighted by atomic mass is 10.1. The highest BCUT2D eigenvalue weighted by Crippen LogP contribution is 2.05. The van der Waals surface area contributed by atoms with Crippen LogP contribution in [0.15, 0.2) is 29.3 Å². The summed E-state index contributed by atoms with van der Waals surface area (Å²) in [6.07, 6.45) is 2.06. The summed E-state index contributed by atoms with van der Waals surface area (Å²) in [5, 5.41) is 3.14. The van der Waals surface area contributed by atoms with Crippen LogP contribution < -0.4 is 11.1 Å². The van der Waals surface area contributed by atoms with Crippen molar-refractivity contribution in [2.75, 3.05) is 13.1 Å². The van der Waals surface area contributed by atoms with Crippen molar-refractivity contribution >= 4 is 5.96 Å². The third kappa shape index (κ3) is 5.71. The molecule has 0 amide bonds. The number of nitrogens with zero attached hydrogens (tertiary/aromatic N) is 1. The van der Waals surface area contributed by atoms with Crippen LogP contribution in [0, 0.1) is 5.92 Å². The fraction of sp³-hybridized carbons (Fsp3) is 0.533. The van der Waals surface area contributed by atoms with Gasteiger partial charge >= 0.3 is 0 Å². The Labute approximate surface area is 111 Å². The maximum atomic E-state index is 5.77. The van der Waals surface area contributed by atoms with Crippen molar-refractivity contribution in [2.45, 2.75) is 33.6 Å². The highest BCUT2D eigenvalue weighted by Gasteiger charge is 1.96. The van der Waals surface area contributed by atoms with E-state index in [9.17, 15) is 0 Å². The first-order valence-corrected chi connectivity index (χ1v) is 6.73. The molecule has 0 radical (unpaired) electrons. The summed E-state index contributed by atoms with van der Waals surface area (Å²) in [6, 6.07) is 8.74. The first-order chi connectivity index (χ1) is 8.61. The van der Waals surface area contributed by atoms with Crippen LogP contribution in [0.3, 0.4) is 0 Å². The van der Waals surface area contributed by atoms with Crippen molar-refractivity contribution in [3.05, 3.63) is 35.4 Å². The van der Waals surface area contributed by atoms with Crippen molar-refractivity contribution in [1.82, 2.24) is 5.32 Å². The van der Waals surface area contributed by atoms with Gasteiger partial charge in [-0.2, -0.15) is 0 Å². The predicted molar refractivity (Wildman–Crippen MR) is 78.9 cm³/mol. The van der Waals surface area contributed by atoms with E-state index in [1.807, 2.05) is 0 Å². The van der Waals surface area contributed by atoms with E-state index in [-0.39, 0.29) is 0 Å². The number of benzene rings is 1. The van der Waals surface area contributed by atoms with Gasteiger partial charge in [-0.25, -0.2) is 0 Å². The quantitative estimate of drug-likeness (QED) is 0.599. The van der Waals surface area contributed by atoms with Gasteiger partial charge in [-0.05, 0) is 29.9 Å². The molecule has 1 aromatic carbocycles. The molecule has 0 saturated heterocycles. The third-order valence-electron chi connectivity index (χ3n) is 2.78. The Morgan fingerprint density at radius 3 is 2.39 bits per heavy atom. The Kier molecular flexibility index (Phi) is 6.26. The molecule has 0 aliphatic carbocycles. The molecule has 3 nitrogen and oxygen atoms in total. The summed E-state index contributed by atoms with van der Waals surface area (Å²) in [5.74, 6) is 1.10. The van der Waals surface area contributed by atoms with Gasteiger partial charge in [0.15, 0.2) is 5.96 Å². The monoisotopic (exact) mass is 247 g/mol. The van der Waals surface area contributed by atoms with E-state index in [0.29, 0.717) is 11.9 Å². The Morgan fingerprint density at radius 1 is 1.22 bits per heavy atom. The number of nitrogens with two attached hydrogens (primary N) is 1. The van der Waals surface area contributed by atoms with E-state index in [0.717, 1.165) is 25.9 Å². The third-order valence-corrected chi connectivity index (χ3v) is 2.78. The lowest BCUT2D eigenvalue weighted by molar-refractivity contribution is 0.661. The van der Waals surface area contributed by atoms with Gasteiger partial charge in [-0.3, -0.25) is 4.99 Å². The summed E-state index contributed by atoms with van der Waals surface area (Å²) >= 11 is 0. The maximum absolute atomic E-state index is 5.77. The van der Waals surface area contributed by atoms with Gasteiger partial charge in [0.25, 0.3) is 0 Å². The fourth-order valence-electron chi connectivity index (χ4n) is 1.61. The molecule has 1 rings (SSSR count). The van der Waals surface area contributed by atoms with Crippen molar-refractivity contribution in [3.63, 3.8) is 0 Å². The molecule has 0 saturated carbocycles. The zero-order chi connectivity index (χ0) is 13.4. The molecule has 0 heterocycles. The van der Waals surface area contributed by atoms with E-state index >= 15 is 0 Å². The molecule has 0 spiro atoms. The zero-order valence-corrected chi connectivity index (χ0v) is 11.7. The average molecular weight is 247 g/mol. The highest BCUT2D eigenvalue weighted by atomic mass is 15.1. The topological polar surface area (TPSA) is 50.4 Å². The molecule has 0 aliphatic heterocycles. The molecule has 0 aliphatic rings. The number of hydrogen-bond acceptors (Lipinski definition) is 1. The highest BCUT2D eigenvalue weighted by molar-refractivity contribution is 5.77. The van der Waals surface area contributed by atoms with Crippen LogP contribution in [0.25, 0.3) is 0 Å². The average Bonchev–Trinajstić information content (AvgIpc) is 2.37. The summed E-state index contributed by atoms with van der Waals surface area (Å²) < 4.78 is 0. The number of aliphatic imine (C=N–C) groups is 1. The minimum atomic E-state index is 0.548. The molecular weight excluding hydrogens is 222 g/mol. The second kappa shape index (κ2) is 7.75. The van der Waals surface area contributed by atoms with E-state index in [2.05, 4.69) is 55.3 Å². The summed E-state index contributed by atoms with van der Waals surface area (Å²) in [7, 11) is 0. The van der Waals surface area contributed by atoms with Crippen LogP contribution >= 0.6 is 0 Å². The van der Waals surface area contributed by atoms with Crippen molar-refractivity contribution < 1.29 is 0 Å².